The molecule has 1 aliphatic heterocycles. The van der Waals surface area contributed by atoms with Crippen LogP contribution in [0.1, 0.15) is 26.7 Å². The van der Waals surface area contributed by atoms with Gasteiger partial charge in [-0.15, -0.1) is 0 Å². The van der Waals surface area contributed by atoms with Crippen LogP contribution in [-0.2, 0) is 0 Å². The van der Waals surface area contributed by atoms with Crippen molar-refractivity contribution >= 4 is 0 Å². The van der Waals surface area contributed by atoms with E-state index in [1.807, 2.05) is 0 Å². The first-order chi connectivity index (χ1) is 8.22. The van der Waals surface area contributed by atoms with E-state index in [1.54, 1.807) is 0 Å². The Hall–Kier alpha value is -0.630. The monoisotopic (exact) mass is 236 g/mol. The maximum atomic E-state index is 9.15. The zero-order chi connectivity index (χ0) is 12.3. The third-order valence-corrected chi connectivity index (χ3v) is 3.87. The van der Waals surface area contributed by atoms with Gasteiger partial charge in [0.2, 0.25) is 0 Å². The Balaban J connectivity index is 1.76. The lowest BCUT2D eigenvalue weighted by Gasteiger charge is -2.40. The second-order valence-corrected chi connectivity index (χ2v) is 5.36. The molecule has 2 aliphatic rings. The zero-order valence-corrected chi connectivity index (χ0v) is 11.0. The summed E-state index contributed by atoms with van der Waals surface area (Å²) in [6, 6.07) is 3.65. The van der Waals surface area contributed by atoms with E-state index in [0.29, 0.717) is 12.1 Å². The molecule has 1 N–H and O–H groups in total. The summed E-state index contributed by atoms with van der Waals surface area (Å²) in [6.07, 6.45) is 2.50. The second-order valence-electron chi connectivity index (χ2n) is 5.36. The normalized spacial score (nSPS) is 28.9. The molecular weight excluding hydrogens is 212 g/mol. The smallest absolute Gasteiger partial charge is 0.108 e. The first-order valence-electron chi connectivity index (χ1n) is 6.85. The molecule has 1 saturated carbocycles. The van der Waals surface area contributed by atoms with E-state index in [1.165, 1.54) is 12.8 Å². The van der Waals surface area contributed by atoms with Crippen molar-refractivity contribution < 1.29 is 0 Å². The molecule has 1 saturated heterocycles. The number of piperazine rings is 1. The Morgan fingerprint density at radius 2 is 2.18 bits per heavy atom. The summed E-state index contributed by atoms with van der Waals surface area (Å²) in [5.41, 5.74) is 0. The molecule has 1 aliphatic carbocycles. The Morgan fingerprint density at radius 3 is 2.71 bits per heavy atom. The summed E-state index contributed by atoms with van der Waals surface area (Å²) in [5.74, 6) is 0. The topological polar surface area (TPSA) is 42.3 Å². The number of rotatable bonds is 5. The highest BCUT2D eigenvalue weighted by Gasteiger charge is 2.28. The van der Waals surface area contributed by atoms with Gasteiger partial charge in [-0.3, -0.25) is 15.1 Å². The number of nitrogens with one attached hydrogen (secondary N) is 1. The number of nitrogens with zero attached hydrogens (tertiary/aromatic N) is 3. The summed E-state index contributed by atoms with van der Waals surface area (Å²) >= 11 is 0. The summed E-state index contributed by atoms with van der Waals surface area (Å²) < 4.78 is 0. The highest BCUT2D eigenvalue weighted by Crippen LogP contribution is 2.19. The lowest BCUT2D eigenvalue weighted by Crippen LogP contribution is -2.54. The van der Waals surface area contributed by atoms with Crippen molar-refractivity contribution in [2.75, 3.05) is 32.7 Å². The number of hydrogen-bond donors (Lipinski definition) is 1. The van der Waals surface area contributed by atoms with Crippen molar-refractivity contribution in [1.82, 2.24) is 15.1 Å². The highest BCUT2D eigenvalue weighted by molar-refractivity contribution is 4.98. The molecule has 0 spiro atoms. The molecule has 0 amide bonds. The van der Waals surface area contributed by atoms with Gasteiger partial charge in [-0.1, -0.05) is 6.92 Å². The predicted octanol–water partition coefficient (Wildman–Crippen LogP) is 0.657. The van der Waals surface area contributed by atoms with Crippen LogP contribution in [0.5, 0.6) is 0 Å². The van der Waals surface area contributed by atoms with Crippen molar-refractivity contribution in [2.45, 2.75) is 44.8 Å². The van der Waals surface area contributed by atoms with Gasteiger partial charge in [0.25, 0.3) is 0 Å². The van der Waals surface area contributed by atoms with Crippen molar-refractivity contribution in [3.63, 3.8) is 0 Å². The van der Waals surface area contributed by atoms with Gasteiger partial charge in [0.05, 0.1) is 6.07 Å². The van der Waals surface area contributed by atoms with Crippen molar-refractivity contribution in [1.29, 1.82) is 5.26 Å². The van der Waals surface area contributed by atoms with Gasteiger partial charge >= 0.3 is 0 Å². The average Bonchev–Trinajstić information content (AvgIpc) is 3.12. The molecule has 2 unspecified atom stereocenters. The predicted molar refractivity (Wildman–Crippen MR) is 68.7 cm³/mol. The Labute approximate surface area is 105 Å². The van der Waals surface area contributed by atoms with Gasteiger partial charge in [-0.05, 0) is 26.3 Å². The number of likely N-dealkylation sites (N-methyl/N-ethyl adjacent to an activating group) is 1. The van der Waals surface area contributed by atoms with Crippen molar-refractivity contribution in [3.8, 4) is 6.07 Å². The minimum absolute atomic E-state index is 0.0166. The minimum Gasteiger partial charge on any atom is -0.298 e. The van der Waals surface area contributed by atoms with Gasteiger partial charge in [0.15, 0.2) is 0 Å². The van der Waals surface area contributed by atoms with E-state index in [0.717, 1.165) is 32.7 Å². The molecule has 2 rings (SSSR count). The van der Waals surface area contributed by atoms with Crippen LogP contribution in [-0.4, -0.2) is 60.6 Å². The van der Waals surface area contributed by atoms with Crippen LogP contribution in [0.15, 0.2) is 0 Å². The minimum atomic E-state index is 0.0166. The SMILES string of the molecule is CCN1CCN(CC(C#N)NC2CC2)CC1C. The fraction of sp³-hybridized carbons (Fsp3) is 0.923. The Kier molecular flexibility index (Phi) is 4.38. The second kappa shape index (κ2) is 5.81. The molecule has 2 atom stereocenters. The van der Waals surface area contributed by atoms with Crippen LogP contribution in [0, 0.1) is 11.3 Å². The van der Waals surface area contributed by atoms with Gasteiger partial charge in [-0.25, -0.2) is 0 Å². The molecule has 96 valence electrons. The molecular formula is C13H24N4. The molecule has 2 fully saturated rings. The number of hydrogen-bond acceptors (Lipinski definition) is 4. The van der Waals surface area contributed by atoms with Crippen LogP contribution in [0.3, 0.4) is 0 Å². The molecule has 17 heavy (non-hydrogen) atoms. The van der Waals surface area contributed by atoms with Crippen LogP contribution in [0.2, 0.25) is 0 Å². The first-order valence-corrected chi connectivity index (χ1v) is 6.85. The van der Waals surface area contributed by atoms with Gasteiger partial charge in [-0.2, -0.15) is 5.26 Å². The van der Waals surface area contributed by atoms with Gasteiger partial charge < -0.3 is 0 Å². The molecule has 0 aromatic carbocycles. The summed E-state index contributed by atoms with van der Waals surface area (Å²) in [5, 5.41) is 12.6. The van der Waals surface area contributed by atoms with E-state index >= 15 is 0 Å². The molecule has 1 heterocycles. The quantitative estimate of drug-likeness (QED) is 0.761. The van der Waals surface area contributed by atoms with E-state index < -0.39 is 0 Å². The summed E-state index contributed by atoms with van der Waals surface area (Å²) in [7, 11) is 0. The third-order valence-electron chi connectivity index (χ3n) is 3.87. The zero-order valence-electron chi connectivity index (χ0n) is 11.0. The molecule has 0 aromatic heterocycles. The maximum absolute atomic E-state index is 9.15. The number of nitriles is 1. The Morgan fingerprint density at radius 1 is 1.41 bits per heavy atom. The van der Waals surface area contributed by atoms with Crippen LogP contribution < -0.4 is 5.32 Å². The van der Waals surface area contributed by atoms with E-state index in [9.17, 15) is 0 Å². The molecule has 0 bridgehead atoms. The first kappa shape index (κ1) is 12.8. The van der Waals surface area contributed by atoms with Gasteiger partial charge in [0, 0.05) is 38.3 Å². The van der Waals surface area contributed by atoms with E-state index in [2.05, 4.69) is 35.0 Å². The lowest BCUT2D eigenvalue weighted by atomic mass is 10.1. The lowest BCUT2D eigenvalue weighted by molar-refractivity contribution is 0.0848. The van der Waals surface area contributed by atoms with Crippen LogP contribution in [0.4, 0.5) is 0 Å². The Bertz CT molecular complexity index is 282. The van der Waals surface area contributed by atoms with Gasteiger partial charge in [0.1, 0.15) is 6.04 Å². The average molecular weight is 236 g/mol. The fourth-order valence-corrected chi connectivity index (χ4v) is 2.63. The molecule has 4 nitrogen and oxygen atoms in total. The standard InChI is InChI=1S/C13H24N4/c1-3-17-7-6-16(9-11(17)2)10-13(8-14)15-12-4-5-12/h11-13,15H,3-7,9-10H2,1-2H3. The molecule has 4 heteroatoms. The third kappa shape index (κ3) is 3.67. The molecule has 0 radical (unpaired) electrons. The van der Waals surface area contributed by atoms with Crippen molar-refractivity contribution in [2.24, 2.45) is 0 Å². The summed E-state index contributed by atoms with van der Waals surface area (Å²) in [6.45, 7) is 9.86. The maximum Gasteiger partial charge on any atom is 0.108 e. The summed E-state index contributed by atoms with van der Waals surface area (Å²) in [4.78, 5) is 4.94. The fourth-order valence-electron chi connectivity index (χ4n) is 2.63. The molecule has 0 aromatic rings. The van der Waals surface area contributed by atoms with Crippen molar-refractivity contribution in [3.05, 3.63) is 0 Å². The van der Waals surface area contributed by atoms with Crippen LogP contribution >= 0.6 is 0 Å². The van der Waals surface area contributed by atoms with E-state index in [4.69, 9.17) is 5.26 Å². The highest BCUT2D eigenvalue weighted by atomic mass is 15.3. The van der Waals surface area contributed by atoms with Crippen LogP contribution in [0.25, 0.3) is 0 Å². The largest absolute Gasteiger partial charge is 0.298 e. The van der Waals surface area contributed by atoms with E-state index in [-0.39, 0.29) is 6.04 Å².